The summed E-state index contributed by atoms with van der Waals surface area (Å²) in [5.41, 5.74) is 3.86. The largest absolute Gasteiger partial charge is 0.236 e. The average Bonchev–Trinajstić information content (AvgIpc) is 2.99. The Hall–Kier alpha value is -1.70. The third kappa shape index (κ3) is 17.9. The molecule has 0 aliphatic rings. The summed E-state index contributed by atoms with van der Waals surface area (Å²) < 4.78 is 0. The summed E-state index contributed by atoms with van der Waals surface area (Å²) in [6.07, 6.45) is 40.1. The zero-order valence-corrected chi connectivity index (χ0v) is 26.7. The molecule has 0 saturated carbocycles. The zero-order chi connectivity index (χ0) is 28.4. The van der Waals surface area contributed by atoms with Gasteiger partial charge in [0.2, 0.25) is 0 Å². The van der Waals surface area contributed by atoms with Crippen molar-refractivity contribution in [1.82, 2.24) is 9.97 Å². The molecule has 2 rings (SSSR count). The fourth-order valence-electron chi connectivity index (χ4n) is 5.79. The second-order valence-electron chi connectivity index (χ2n) is 12.4. The van der Waals surface area contributed by atoms with Gasteiger partial charge in [0.1, 0.15) is 0 Å². The summed E-state index contributed by atoms with van der Waals surface area (Å²) >= 11 is 0. The van der Waals surface area contributed by atoms with Crippen molar-refractivity contribution in [2.24, 2.45) is 0 Å². The molecule has 0 atom stereocenters. The van der Waals surface area contributed by atoms with Crippen LogP contribution in [0.25, 0.3) is 11.4 Å². The van der Waals surface area contributed by atoms with Crippen molar-refractivity contribution in [3.05, 3.63) is 47.8 Å². The van der Waals surface area contributed by atoms with Crippen LogP contribution in [0.4, 0.5) is 0 Å². The summed E-state index contributed by atoms with van der Waals surface area (Å²) in [7, 11) is 0. The van der Waals surface area contributed by atoms with E-state index in [4.69, 9.17) is 0 Å². The number of benzene rings is 1. The minimum absolute atomic E-state index is 0.857. The quantitative estimate of drug-likeness (QED) is 0.104. The zero-order valence-electron chi connectivity index (χ0n) is 26.7. The van der Waals surface area contributed by atoms with Gasteiger partial charge < -0.3 is 0 Å². The van der Waals surface area contributed by atoms with Crippen LogP contribution in [0.5, 0.6) is 0 Å². The van der Waals surface area contributed by atoms with Crippen LogP contribution in [-0.4, -0.2) is 9.97 Å². The summed E-state index contributed by atoms with van der Waals surface area (Å²) in [5.74, 6) is 0.857. The number of aryl methyl sites for hydroxylation is 2. The van der Waals surface area contributed by atoms with E-state index in [9.17, 15) is 0 Å². The number of hydrogen-bond acceptors (Lipinski definition) is 2. The van der Waals surface area contributed by atoms with Crippen LogP contribution in [0.3, 0.4) is 0 Å². The second kappa shape index (κ2) is 25.0. The van der Waals surface area contributed by atoms with Gasteiger partial charge in [0.05, 0.1) is 0 Å². The highest BCUT2D eigenvalue weighted by Crippen LogP contribution is 2.19. The minimum atomic E-state index is 0.857. The Balaban J connectivity index is 1.47. The van der Waals surface area contributed by atoms with Gasteiger partial charge in [-0.25, -0.2) is 9.97 Å². The molecule has 0 fully saturated rings. The van der Waals surface area contributed by atoms with Crippen LogP contribution in [0, 0.1) is 0 Å². The highest BCUT2D eigenvalue weighted by atomic mass is 14.9. The van der Waals surface area contributed by atoms with Crippen molar-refractivity contribution in [3.63, 3.8) is 0 Å². The number of hydrogen-bond donors (Lipinski definition) is 0. The molecular formula is C38H64N2. The molecule has 1 aromatic heterocycles. The molecule has 226 valence electrons. The molecular weight excluding hydrogens is 484 g/mol. The maximum atomic E-state index is 4.68. The van der Waals surface area contributed by atoms with E-state index in [1.54, 1.807) is 0 Å². The monoisotopic (exact) mass is 549 g/mol. The molecule has 2 nitrogen and oxygen atoms in total. The van der Waals surface area contributed by atoms with Crippen LogP contribution >= 0.6 is 0 Å². The van der Waals surface area contributed by atoms with E-state index in [1.165, 1.54) is 172 Å². The standard InChI is InChI=1S/C38H64N2/c1-3-5-7-9-11-13-15-16-18-19-21-23-25-27-35-29-31-37(32-30-35)38-39-33-36(34-40-38)28-26-24-22-20-17-14-12-10-8-6-4-2/h29-34H,3-28H2,1-2H3. The van der Waals surface area contributed by atoms with Gasteiger partial charge in [-0.3, -0.25) is 0 Å². The fraction of sp³-hybridized carbons (Fsp3) is 0.737. The third-order valence-electron chi connectivity index (χ3n) is 8.56. The van der Waals surface area contributed by atoms with Gasteiger partial charge in [-0.2, -0.15) is 0 Å². The molecule has 1 aromatic carbocycles. The molecule has 0 unspecified atom stereocenters. The van der Waals surface area contributed by atoms with Gasteiger partial charge in [0, 0.05) is 18.0 Å². The third-order valence-corrected chi connectivity index (χ3v) is 8.56. The Labute approximate surface area is 249 Å². The van der Waals surface area contributed by atoms with Crippen LogP contribution in [0.15, 0.2) is 36.7 Å². The van der Waals surface area contributed by atoms with Gasteiger partial charge >= 0.3 is 0 Å². The van der Waals surface area contributed by atoms with Gasteiger partial charge in [-0.15, -0.1) is 0 Å². The first kappa shape index (κ1) is 34.5. The average molecular weight is 549 g/mol. The Bertz CT molecular complexity index is 795. The van der Waals surface area contributed by atoms with Crippen LogP contribution in [0.2, 0.25) is 0 Å². The predicted molar refractivity (Wildman–Crippen MR) is 177 cm³/mol. The summed E-state index contributed by atoms with van der Waals surface area (Å²) in [4.78, 5) is 9.35. The SMILES string of the molecule is CCCCCCCCCCCCCCCc1ccc(-c2ncc(CCCCCCCCCCCCC)cn2)cc1. The van der Waals surface area contributed by atoms with Gasteiger partial charge in [-0.1, -0.05) is 179 Å². The number of unbranched alkanes of at least 4 members (excludes halogenated alkanes) is 22. The molecule has 0 N–H and O–H groups in total. The second-order valence-corrected chi connectivity index (χ2v) is 12.4. The van der Waals surface area contributed by atoms with Gasteiger partial charge in [0.15, 0.2) is 5.82 Å². The highest BCUT2D eigenvalue weighted by Gasteiger charge is 2.03. The molecule has 0 aliphatic carbocycles. The first-order valence-corrected chi connectivity index (χ1v) is 17.7. The lowest BCUT2D eigenvalue weighted by atomic mass is 10.0. The first-order valence-electron chi connectivity index (χ1n) is 17.7. The lowest BCUT2D eigenvalue weighted by molar-refractivity contribution is 0.539. The van der Waals surface area contributed by atoms with Crippen LogP contribution in [0.1, 0.15) is 179 Å². The maximum absolute atomic E-state index is 4.68. The van der Waals surface area contributed by atoms with E-state index >= 15 is 0 Å². The van der Waals surface area contributed by atoms with Crippen molar-refractivity contribution >= 4 is 0 Å². The molecule has 0 saturated heterocycles. The number of nitrogens with zero attached hydrogens (tertiary/aromatic N) is 2. The Morgan fingerprint density at radius 1 is 0.375 bits per heavy atom. The maximum Gasteiger partial charge on any atom is 0.159 e. The lowest BCUT2D eigenvalue weighted by Gasteiger charge is -2.06. The summed E-state index contributed by atoms with van der Waals surface area (Å²) in [5, 5.41) is 0. The van der Waals surface area contributed by atoms with Gasteiger partial charge in [-0.05, 0) is 36.8 Å². The Kier molecular flexibility index (Phi) is 21.6. The Morgan fingerprint density at radius 3 is 1.07 bits per heavy atom. The van der Waals surface area contributed by atoms with E-state index < -0.39 is 0 Å². The first-order chi connectivity index (χ1) is 19.8. The molecule has 0 spiro atoms. The van der Waals surface area contributed by atoms with E-state index in [-0.39, 0.29) is 0 Å². The van der Waals surface area contributed by atoms with Crippen molar-refractivity contribution in [2.75, 3.05) is 0 Å². The van der Waals surface area contributed by atoms with Crippen molar-refractivity contribution in [1.29, 1.82) is 0 Å². The fourth-order valence-corrected chi connectivity index (χ4v) is 5.79. The highest BCUT2D eigenvalue weighted by molar-refractivity contribution is 5.55. The molecule has 40 heavy (non-hydrogen) atoms. The molecule has 2 heteroatoms. The molecule has 0 aliphatic heterocycles. The topological polar surface area (TPSA) is 25.8 Å². The van der Waals surface area contributed by atoms with E-state index in [1.807, 2.05) is 12.4 Å². The normalized spacial score (nSPS) is 11.3. The number of rotatable bonds is 27. The van der Waals surface area contributed by atoms with E-state index in [0.717, 1.165) is 17.8 Å². The van der Waals surface area contributed by atoms with Crippen LogP contribution in [-0.2, 0) is 12.8 Å². The van der Waals surface area contributed by atoms with E-state index in [2.05, 4.69) is 48.1 Å². The molecule has 0 radical (unpaired) electrons. The van der Waals surface area contributed by atoms with Gasteiger partial charge in [0.25, 0.3) is 0 Å². The Morgan fingerprint density at radius 2 is 0.700 bits per heavy atom. The smallest absolute Gasteiger partial charge is 0.159 e. The summed E-state index contributed by atoms with van der Waals surface area (Å²) in [6.45, 7) is 4.59. The molecule has 1 heterocycles. The van der Waals surface area contributed by atoms with Crippen molar-refractivity contribution in [2.45, 2.75) is 181 Å². The summed E-state index contributed by atoms with van der Waals surface area (Å²) in [6, 6.07) is 8.96. The molecule has 2 aromatic rings. The lowest BCUT2D eigenvalue weighted by Crippen LogP contribution is -1.94. The predicted octanol–water partition coefficient (Wildman–Crippen LogP) is 12.6. The van der Waals surface area contributed by atoms with Crippen molar-refractivity contribution in [3.8, 4) is 11.4 Å². The number of aromatic nitrogens is 2. The molecule has 0 amide bonds. The minimum Gasteiger partial charge on any atom is -0.236 e. The van der Waals surface area contributed by atoms with Crippen molar-refractivity contribution < 1.29 is 0 Å². The van der Waals surface area contributed by atoms with E-state index in [0.29, 0.717) is 0 Å². The molecule has 0 bridgehead atoms. The van der Waals surface area contributed by atoms with Crippen LogP contribution < -0.4 is 0 Å².